The van der Waals surface area contributed by atoms with Gasteiger partial charge in [0.1, 0.15) is 0 Å². The second-order valence-corrected chi connectivity index (χ2v) is 11.3. The Balaban J connectivity index is 1.11. The predicted molar refractivity (Wildman–Crippen MR) is 165 cm³/mol. The lowest BCUT2D eigenvalue weighted by Gasteiger charge is -2.32. The number of likely N-dealkylation sites (N-methyl/N-ethyl adjacent to an activating group) is 1. The number of aromatic nitrogens is 2. The normalized spacial score (nSPS) is 17.2. The first-order chi connectivity index (χ1) is 19.6. The molecule has 0 saturated carbocycles. The van der Waals surface area contributed by atoms with Crippen LogP contribution in [0.5, 0.6) is 0 Å². The zero-order valence-electron chi connectivity index (χ0n) is 23.1. The summed E-state index contributed by atoms with van der Waals surface area (Å²) < 4.78 is 0. The van der Waals surface area contributed by atoms with Crippen molar-refractivity contribution in [3.8, 4) is 11.3 Å². The van der Waals surface area contributed by atoms with Gasteiger partial charge in [-0.15, -0.1) is 0 Å². The quantitative estimate of drug-likeness (QED) is 0.243. The van der Waals surface area contributed by atoms with E-state index in [-0.39, 0.29) is 5.92 Å². The molecule has 2 N–H and O–H groups in total. The third kappa shape index (κ3) is 6.15. The summed E-state index contributed by atoms with van der Waals surface area (Å²) in [6, 6.07) is 25.4. The first-order valence-electron chi connectivity index (χ1n) is 14.3. The van der Waals surface area contributed by atoms with Crippen molar-refractivity contribution in [2.45, 2.75) is 25.3 Å². The summed E-state index contributed by atoms with van der Waals surface area (Å²) >= 11 is 6.32. The van der Waals surface area contributed by atoms with Gasteiger partial charge in [0.25, 0.3) is 0 Å². The minimum Gasteiger partial charge on any atom is -0.381 e. The van der Waals surface area contributed by atoms with Crippen LogP contribution in [0.2, 0.25) is 5.02 Å². The molecule has 3 aromatic carbocycles. The van der Waals surface area contributed by atoms with Crippen LogP contribution < -0.4 is 10.6 Å². The van der Waals surface area contributed by atoms with Crippen molar-refractivity contribution in [3.63, 3.8) is 0 Å². The van der Waals surface area contributed by atoms with E-state index in [9.17, 15) is 0 Å². The zero-order chi connectivity index (χ0) is 27.3. The van der Waals surface area contributed by atoms with Crippen molar-refractivity contribution in [1.82, 2.24) is 19.8 Å². The molecule has 1 aliphatic carbocycles. The van der Waals surface area contributed by atoms with Crippen molar-refractivity contribution in [2.24, 2.45) is 0 Å². The second kappa shape index (κ2) is 12.4. The van der Waals surface area contributed by atoms with E-state index >= 15 is 0 Å². The summed E-state index contributed by atoms with van der Waals surface area (Å²) in [5.41, 5.74) is 8.26. The predicted octanol–water partition coefficient (Wildman–Crippen LogP) is 6.15. The highest BCUT2D eigenvalue weighted by Gasteiger charge is 2.27. The Kier molecular flexibility index (Phi) is 8.28. The monoisotopic (exact) mass is 552 g/mol. The number of anilines is 2. The van der Waals surface area contributed by atoms with Gasteiger partial charge < -0.3 is 20.4 Å². The van der Waals surface area contributed by atoms with Crippen LogP contribution in [0.3, 0.4) is 0 Å². The molecule has 6 rings (SSSR count). The van der Waals surface area contributed by atoms with Crippen LogP contribution in [0.15, 0.2) is 79.0 Å². The van der Waals surface area contributed by atoms with Gasteiger partial charge in [-0.1, -0.05) is 66.2 Å². The Morgan fingerprint density at radius 3 is 2.50 bits per heavy atom. The molecule has 1 aromatic heterocycles. The highest BCUT2D eigenvalue weighted by molar-refractivity contribution is 6.31. The lowest BCUT2D eigenvalue weighted by Crippen LogP contribution is -2.44. The van der Waals surface area contributed by atoms with Crippen molar-refractivity contribution in [1.29, 1.82) is 0 Å². The van der Waals surface area contributed by atoms with Gasteiger partial charge >= 0.3 is 0 Å². The Morgan fingerprint density at radius 2 is 1.68 bits per heavy atom. The molecule has 1 fully saturated rings. The Hall–Kier alpha value is -3.45. The van der Waals surface area contributed by atoms with Crippen LogP contribution in [0, 0.1) is 0 Å². The third-order valence-electron chi connectivity index (χ3n) is 8.16. The fraction of sp³-hybridized carbons (Fsp3) is 0.333. The molecule has 1 atom stereocenters. The van der Waals surface area contributed by atoms with Gasteiger partial charge in [0, 0.05) is 67.7 Å². The van der Waals surface area contributed by atoms with Crippen LogP contribution in [0.4, 0.5) is 11.6 Å². The fourth-order valence-corrected chi connectivity index (χ4v) is 5.97. The number of nitrogens with zero attached hydrogens (tertiary/aromatic N) is 4. The van der Waals surface area contributed by atoms with Gasteiger partial charge in [0.15, 0.2) is 0 Å². The maximum Gasteiger partial charge on any atom is 0.223 e. The van der Waals surface area contributed by atoms with Gasteiger partial charge in [-0.3, -0.25) is 0 Å². The lowest BCUT2D eigenvalue weighted by molar-refractivity contribution is 0.154. The maximum absolute atomic E-state index is 6.32. The smallest absolute Gasteiger partial charge is 0.223 e. The van der Waals surface area contributed by atoms with Crippen molar-refractivity contribution >= 4 is 23.2 Å². The molecule has 0 bridgehead atoms. The summed E-state index contributed by atoms with van der Waals surface area (Å²) in [5.74, 6) is 0.992. The highest BCUT2D eigenvalue weighted by atomic mass is 35.5. The lowest BCUT2D eigenvalue weighted by atomic mass is 9.78. The zero-order valence-corrected chi connectivity index (χ0v) is 23.9. The first kappa shape index (κ1) is 26.8. The number of hydrogen-bond acceptors (Lipinski definition) is 6. The first-order valence-corrected chi connectivity index (χ1v) is 14.7. The van der Waals surface area contributed by atoms with Crippen LogP contribution in [-0.2, 0) is 13.0 Å². The SMILES string of the molecule is CN1CCN(CCCNc2ncc3c(n2)-c2ccccc2C(c2ccc(NCc4ccccc4Cl)cc2)C3)CC1. The molecule has 40 heavy (non-hydrogen) atoms. The molecule has 6 nitrogen and oxygen atoms in total. The van der Waals surface area contributed by atoms with Crippen molar-refractivity contribution in [3.05, 3.63) is 106 Å². The molecule has 1 unspecified atom stereocenters. The molecule has 0 radical (unpaired) electrons. The summed E-state index contributed by atoms with van der Waals surface area (Å²) in [6.07, 6.45) is 4.00. The minimum absolute atomic E-state index is 0.271. The van der Waals surface area contributed by atoms with E-state index in [0.717, 1.165) is 80.0 Å². The van der Waals surface area contributed by atoms with E-state index in [4.69, 9.17) is 21.6 Å². The molecular formula is C33H37ClN6. The molecule has 7 heteroatoms. The number of fused-ring (bicyclic) bond motifs is 3. The molecule has 1 saturated heterocycles. The van der Waals surface area contributed by atoms with Gasteiger partial charge in [0.05, 0.1) is 5.69 Å². The second-order valence-electron chi connectivity index (χ2n) is 10.9. The Labute approximate surface area is 242 Å². The van der Waals surface area contributed by atoms with Gasteiger partial charge in [-0.2, -0.15) is 0 Å². The molecule has 206 valence electrons. The van der Waals surface area contributed by atoms with E-state index in [1.165, 1.54) is 22.3 Å². The number of nitrogens with one attached hydrogen (secondary N) is 2. The summed E-state index contributed by atoms with van der Waals surface area (Å²) in [7, 11) is 2.20. The number of benzene rings is 3. The highest BCUT2D eigenvalue weighted by Crippen LogP contribution is 2.42. The largest absolute Gasteiger partial charge is 0.381 e. The standard InChI is InChI=1S/C33H37ClN6/c1-39-17-19-40(20-18-39)16-6-15-35-33-37-23-26-21-30(28-8-3-4-9-29(28)32(26)38-33)24-11-13-27(14-12-24)36-22-25-7-2-5-10-31(25)34/h2-5,7-14,23,30,36H,6,15-22H2,1H3,(H,35,37,38). The van der Waals surface area contributed by atoms with Gasteiger partial charge in [0.2, 0.25) is 5.95 Å². The van der Waals surface area contributed by atoms with Crippen LogP contribution in [0.25, 0.3) is 11.3 Å². The molecular weight excluding hydrogens is 516 g/mol. The average Bonchev–Trinajstić information content (AvgIpc) is 3.00. The van der Waals surface area contributed by atoms with E-state index in [0.29, 0.717) is 6.54 Å². The fourth-order valence-electron chi connectivity index (χ4n) is 5.76. The molecule has 2 aliphatic rings. The Morgan fingerprint density at radius 1 is 0.900 bits per heavy atom. The van der Waals surface area contributed by atoms with Crippen LogP contribution >= 0.6 is 11.6 Å². The number of halogens is 1. The number of rotatable bonds is 9. The van der Waals surface area contributed by atoms with Crippen LogP contribution in [-0.4, -0.2) is 66.1 Å². The van der Waals surface area contributed by atoms with Crippen molar-refractivity contribution < 1.29 is 0 Å². The molecule has 2 heterocycles. The number of hydrogen-bond donors (Lipinski definition) is 2. The van der Waals surface area contributed by atoms with E-state index in [2.05, 4.69) is 82.1 Å². The van der Waals surface area contributed by atoms with Crippen molar-refractivity contribution in [2.75, 3.05) is 56.9 Å². The molecule has 4 aromatic rings. The minimum atomic E-state index is 0.271. The van der Waals surface area contributed by atoms with E-state index in [1.807, 2.05) is 24.4 Å². The summed E-state index contributed by atoms with van der Waals surface area (Å²) in [6.45, 7) is 7.33. The van der Waals surface area contributed by atoms with Gasteiger partial charge in [-0.25, -0.2) is 9.97 Å². The number of piperazine rings is 1. The molecule has 1 aliphatic heterocycles. The topological polar surface area (TPSA) is 56.3 Å². The summed E-state index contributed by atoms with van der Waals surface area (Å²) in [4.78, 5) is 14.6. The van der Waals surface area contributed by atoms with E-state index in [1.54, 1.807) is 0 Å². The molecule has 0 spiro atoms. The third-order valence-corrected chi connectivity index (χ3v) is 8.53. The maximum atomic E-state index is 6.32. The van der Waals surface area contributed by atoms with Crippen LogP contribution in [0.1, 0.15) is 34.6 Å². The Bertz CT molecular complexity index is 1430. The average molecular weight is 553 g/mol. The summed E-state index contributed by atoms with van der Waals surface area (Å²) in [5, 5.41) is 7.76. The van der Waals surface area contributed by atoms with Gasteiger partial charge in [-0.05, 0) is 66.9 Å². The molecule has 0 amide bonds. The van der Waals surface area contributed by atoms with E-state index < -0.39 is 0 Å².